The van der Waals surface area contributed by atoms with Crippen LogP contribution in [0.4, 0.5) is 0 Å². The van der Waals surface area contributed by atoms with Gasteiger partial charge in [0.25, 0.3) is 0 Å². The summed E-state index contributed by atoms with van der Waals surface area (Å²) in [5.74, 6) is -0.989. The molecular weight excluding hydrogens is 220 g/mol. The maximum absolute atomic E-state index is 11.6. The molecule has 0 aliphatic rings. The van der Waals surface area contributed by atoms with Gasteiger partial charge in [0.2, 0.25) is 11.8 Å². The van der Waals surface area contributed by atoms with E-state index in [9.17, 15) is 9.59 Å². The molecule has 2 atom stereocenters. The number of aromatic nitrogens is 1. The van der Waals surface area contributed by atoms with Crippen molar-refractivity contribution in [1.82, 2.24) is 10.3 Å². The molecule has 2 unspecified atom stereocenters. The highest BCUT2D eigenvalue weighted by Crippen LogP contribution is 2.10. The molecule has 92 valence electrons. The number of rotatable bonds is 5. The Balaban J connectivity index is 2.54. The third-order valence-corrected chi connectivity index (χ3v) is 2.32. The predicted octanol–water partition coefficient (Wildman–Crippen LogP) is -0.538. The molecule has 0 aromatic carbocycles. The second kappa shape index (κ2) is 5.95. The zero-order valence-corrected chi connectivity index (χ0v) is 9.59. The van der Waals surface area contributed by atoms with Crippen molar-refractivity contribution in [1.29, 1.82) is 0 Å². The van der Waals surface area contributed by atoms with Crippen LogP contribution in [0.25, 0.3) is 0 Å². The maximum Gasteiger partial charge on any atom is 0.237 e. The highest BCUT2D eigenvalue weighted by atomic mass is 16.2. The first-order chi connectivity index (χ1) is 8.00. The topological polar surface area (TPSA) is 111 Å². The van der Waals surface area contributed by atoms with E-state index in [4.69, 9.17) is 11.5 Å². The smallest absolute Gasteiger partial charge is 0.237 e. The lowest BCUT2D eigenvalue weighted by molar-refractivity contribution is -0.126. The van der Waals surface area contributed by atoms with Gasteiger partial charge in [-0.1, -0.05) is 0 Å². The summed E-state index contributed by atoms with van der Waals surface area (Å²) in [5, 5.41) is 2.70. The van der Waals surface area contributed by atoms with E-state index < -0.39 is 17.9 Å². The summed E-state index contributed by atoms with van der Waals surface area (Å²) in [6, 6.07) is 2.50. The number of hydrogen-bond acceptors (Lipinski definition) is 4. The fourth-order valence-electron chi connectivity index (χ4n) is 1.37. The molecule has 0 aliphatic carbocycles. The molecule has 6 nitrogen and oxygen atoms in total. The van der Waals surface area contributed by atoms with Gasteiger partial charge in [-0.15, -0.1) is 0 Å². The van der Waals surface area contributed by atoms with Crippen molar-refractivity contribution in [2.45, 2.75) is 25.4 Å². The van der Waals surface area contributed by atoms with Crippen molar-refractivity contribution < 1.29 is 9.59 Å². The molecule has 1 aromatic rings. The van der Waals surface area contributed by atoms with Crippen molar-refractivity contribution in [3.8, 4) is 0 Å². The second-order valence-corrected chi connectivity index (χ2v) is 3.79. The molecule has 0 fully saturated rings. The van der Waals surface area contributed by atoms with E-state index in [1.54, 1.807) is 24.5 Å². The SMILES string of the molecule is CC(NC(=O)C(N)CC(N)=O)c1ccncc1. The van der Waals surface area contributed by atoms with Crippen molar-refractivity contribution in [2.24, 2.45) is 11.5 Å². The van der Waals surface area contributed by atoms with Crippen LogP contribution >= 0.6 is 0 Å². The summed E-state index contributed by atoms with van der Waals surface area (Å²) in [7, 11) is 0. The Bertz CT molecular complexity index is 394. The van der Waals surface area contributed by atoms with Gasteiger partial charge >= 0.3 is 0 Å². The summed E-state index contributed by atoms with van der Waals surface area (Å²) in [4.78, 5) is 26.1. The van der Waals surface area contributed by atoms with E-state index in [-0.39, 0.29) is 12.5 Å². The highest BCUT2D eigenvalue weighted by Gasteiger charge is 2.18. The predicted molar refractivity (Wildman–Crippen MR) is 62.6 cm³/mol. The lowest BCUT2D eigenvalue weighted by Crippen LogP contribution is -2.43. The van der Waals surface area contributed by atoms with Gasteiger partial charge in [0.15, 0.2) is 0 Å². The molecule has 0 radical (unpaired) electrons. The molecule has 0 bridgehead atoms. The van der Waals surface area contributed by atoms with Crippen molar-refractivity contribution in [2.75, 3.05) is 0 Å². The van der Waals surface area contributed by atoms with Gasteiger partial charge in [0, 0.05) is 12.4 Å². The molecule has 6 heteroatoms. The normalized spacial score (nSPS) is 13.8. The van der Waals surface area contributed by atoms with Gasteiger partial charge < -0.3 is 16.8 Å². The van der Waals surface area contributed by atoms with Crippen LogP contribution in [0, 0.1) is 0 Å². The minimum absolute atomic E-state index is 0.158. The van der Waals surface area contributed by atoms with E-state index in [1.807, 2.05) is 6.92 Å². The number of nitrogens with one attached hydrogen (secondary N) is 1. The standard InChI is InChI=1S/C11H16N4O2/c1-7(8-2-4-14-5-3-8)15-11(17)9(12)6-10(13)16/h2-5,7,9H,6,12H2,1H3,(H2,13,16)(H,15,17). The van der Waals surface area contributed by atoms with Crippen LogP contribution < -0.4 is 16.8 Å². The number of pyridine rings is 1. The Morgan fingerprint density at radius 3 is 2.53 bits per heavy atom. The minimum Gasteiger partial charge on any atom is -0.370 e. The monoisotopic (exact) mass is 236 g/mol. The number of primary amides is 1. The Kier molecular flexibility index (Phi) is 4.59. The van der Waals surface area contributed by atoms with E-state index in [1.165, 1.54) is 0 Å². The number of nitrogens with two attached hydrogens (primary N) is 2. The molecule has 0 spiro atoms. The lowest BCUT2D eigenvalue weighted by Gasteiger charge is -2.16. The summed E-state index contributed by atoms with van der Waals surface area (Å²) in [6.07, 6.45) is 3.12. The molecule has 5 N–H and O–H groups in total. The van der Waals surface area contributed by atoms with Crippen LogP contribution in [0.3, 0.4) is 0 Å². The van der Waals surface area contributed by atoms with Crippen LogP contribution in [-0.2, 0) is 9.59 Å². The average molecular weight is 236 g/mol. The van der Waals surface area contributed by atoms with Gasteiger partial charge in [0.1, 0.15) is 0 Å². The van der Waals surface area contributed by atoms with Crippen molar-refractivity contribution >= 4 is 11.8 Å². The minimum atomic E-state index is -0.906. The Labute approximate surface area is 99.4 Å². The first-order valence-corrected chi connectivity index (χ1v) is 5.25. The summed E-state index contributed by atoms with van der Waals surface area (Å²) < 4.78 is 0. The van der Waals surface area contributed by atoms with Crippen LogP contribution in [0.15, 0.2) is 24.5 Å². The molecule has 1 rings (SSSR count). The zero-order valence-electron chi connectivity index (χ0n) is 9.59. The number of carbonyl (C=O) groups is 2. The molecule has 17 heavy (non-hydrogen) atoms. The molecular formula is C11H16N4O2. The maximum atomic E-state index is 11.6. The molecule has 0 saturated carbocycles. The van der Waals surface area contributed by atoms with Gasteiger partial charge in [-0.2, -0.15) is 0 Å². The lowest BCUT2D eigenvalue weighted by atomic mass is 10.1. The van der Waals surface area contributed by atoms with Crippen LogP contribution in [0.2, 0.25) is 0 Å². The van der Waals surface area contributed by atoms with Crippen LogP contribution in [0.5, 0.6) is 0 Å². The van der Waals surface area contributed by atoms with Gasteiger partial charge in [-0.25, -0.2) is 0 Å². The van der Waals surface area contributed by atoms with E-state index >= 15 is 0 Å². The first-order valence-electron chi connectivity index (χ1n) is 5.25. The van der Waals surface area contributed by atoms with Gasteiger partial charge in [0.05, 0.1) is 18.5 Å². The van der Waals surface area contributed by atoms with Crippen LogP contribution in [0.1, 0.15) is 24.9 Å². The van der Waals surface area contributed by atoms with E-state index in [2.05, 4.69) is 10.3 Å². The third kappa shape index (κ3) is 4.20. The van der Waals surface area contributed by atoms with Gasteiger partial charge in [-0.3, -0.25) is 14.6 Å². The Morgan fingerprint density at radius 2 is 2.00 bits per heavy atom. The van der Waals surface area contributed by atoms with E-state index in [0.717, 1.165) is 5.56 Å². The van der Waals surface area contributed by atoms with Crippen molar-refractivity contribution in [3.63, 3.8) is 0 Å². The Morgan fingerprint density at radius 1 is 1.41 bits per heavy atom. The zero-order chi connectivity index (χ0) is 12.8. The summed E-state index contributed by atoms with van der Waals surface area (Å²) in [5.41, 5.74) is 11.4. The quantitative estimate of drug-likeness (QED) is 0.637. The second-order valence-electron chi connectivity index (χ2n) is 3.79. The van der Waals surface area contributed by atoms with Crippen LogP contribution in [-0.4, -0.2) is 22.8 Å². The summed E-state index contributed by atoms with van der Waals surface area (Å²) >= 11 is 0. The fraction of sp³-hybridized carbons (Fsp3) is 0.364. The van der Waals surface area contributed by atoms with Crippen molar-refractivity contribution in [3.05, 3.63) is 30.1 Å². The third-order valence-electron chi connectivity index (χ3n) is 2.32. The fourth-order valence-corrected chi connectivity index (χ4v) is 1.37. The number of carbonyl (C=O) groups excluding carboxylic acids is 2. The average Bonchev–Trinajstić information content (AvgIpc) is 2.29. The number of nitrogens with zero attached hydrogens (tertiary/aromatic N) is 1. The number of amides is 2. The number of hydrogen-bond donors (Lipinski definition) is 3. The highest BCUT2D eigenvalue weighted by molar-refractivity contribution is 5.87. The molecule has 1 aromatic heterocycles. The summed E-state index contributed by atoms with van der Waals surface area (Å²) in [6.45, 7) is 1.82. The van der Waals surface area contributed by atoms with Gasteiger partial charge in [-0.05, 0) is 24.6 Å². The largest absolute Gasteiger partial charge is 0.370 e. The first kappa shape index (κ1) is 13.1. The molecule has 0 aliphatic heterocycles. The van der Waals surface area contributed by atoms with E-state index in [0.29, 0.717) is 0 Å². The molecule has 0 saturated heterocycles. The Hall–Kier alpha value is -1.95. The molecule has 1 heterocycles. The molecule has 2 amide bonds.